The van der Waals surface area contributed by atoms with Crippen LogP contribution in [-0.4, -0.2) is 43.0 Å². The number of anilines is 2. The summed E-state index contributed by atoms with van der Waals surface area (Å²) in [5, 5.41) is 9.19. The number of nitrogens with one attached hydrogen (secondary N) is 3. The van der Waals surface area contributed by atoms with Crippen LogP contribution in [0.5, 0.6) is 0 Å². The summed E-state index contributed by atoms with van der Waals surface area (Å²) in [4.78, 5) is 28.0. The van der Waals surface area contributed by atoms with E-state index in [9.17, 15) is 9.59 Å². The zero-order valence-corrected chi connectivity index (χ0v) is 20.3. The van der Waals surface area contributed by atoms with Crippen LogP contribution in [-0.2, 0) is 16.1 Å². The molecule has 2 aliphatic rings. The molecule has 0 unspecified atom stereocenters. The molecule has 3 N–H and O–H groups in total. The maximum absolute atomic E-state index is 12.9. The van der Waals surface area contributed by atoms with Gasteiger partial charge in [-0.25, -0.2) is 0 Å². The van der Waals surface area contributed by atoms with Gasteiger partial charge in [0.25, 0.3) is 11.8 Å². The van der Waals surface area contributed by atoms with Crippen molar-refractivity contribution in [1.29, 1.82) is 0 Å². The molecule has 1 fully saturated rings. The summed E-state index contributed by atoms with van der Waals surface area (Å²) in [5.41, 5.74) is 5.53. The topological polar surface area (TPSA) is 82.7 Å². The van der Waals surface area contributed by atoms with Gasteiger partial charge in [0.1, 0.15) is 0 Å². The molecule has 0 bridgehead atoms. The zero-order chi connectivity index (χ0) is 24.9. The van der Waals surface area contributed by atoms with Crippen molar-refractivity contribution in [3.63, 3.8) is 0 Å². The number of nitrogens with zero attached hydrogens (tertiary/aromatic N) is 1. The van der Waals surface area contributed by atoms with Crippen LogP contribution in [0, 0.1) is 0 Å². The van der Waals surface area contributed by atoms with Gasteiger partial charge >= 0.3 is 0 Å². The smallest absolute Gasteiger partial charge is 0.257 e. The maximum Gasteiger partial charge on any atom is 0.257 e. The second-order valence-electron chi connectivity index (χ2n) is 9.11. The van der Waals surface area contributed by atoms with Gasteiger partial charge in [-0.2, -0.15) is 0 Å². The molecule has 0 aromatic heterocycles. The van der Waals surface area contributed by atoms with Crippen molar-refractivity contribution in [2.24, 2.45) is 0 Å². The summed E-state index contributed by atoms with van der Waals surface area (Å²) in [6.45, 7) is 6.21. The predicted octanol–water partition coefficient (Wildman–Crippen LogP) is 4.41. The summed E-state index contributed by atoms with van der Waals surface area (Å²) in [6, 6.07) is 23.1. The van der Waals surface area contributed by atoms with Crippen molar-refractivity contribution < 1.29 is 14.3 Å². The molecular weight excluding hydrogens is 452 g/mol. The Morgan fingerprint density at radius 2 is 1.86 bits per heavy atom. The molecule has 7 heteroatoms. The van der Waals surface area contributed by atoms with Crippen LogP contribution >= 0.6 is 0 Å². The molecule has 1 atom stereocenters. The van der Waals surface area contributed by atoms with Crippen molar-refractivity contribution in [3.8, 4) is 0 Å². The quantitative estimate of drug-likeness (QED) is 0.435. The molecule has 0 saturated carbocycles. The van der Waals surface area contributed by atoms with Crippen molar-refractivity contribution in [2.75, 3.05) is 36.9 Å². The number of hydrogen-bond donors (Lipinski definition) is 3. The van der Waals surface area contributed by atoms with Gasteiger partial charge in [0, 0.05) is 48.3 Å². The molecule has 1 saturated heterocycles. The van der Waals surface area contributed by atoms with E-state index in [2.05, 4.69) is 33.0 Å². The molecular formula is C29H30N4O3. The molecule has 2 aliphatic heterocycles. The van der Waals surface area contributed by atoms with Gasteiger partial charge in [-0.15, -0.1) is 0 Å². The summed E-state index contributed by atoms with van der Waals surface area (Å²) >= 11 is 0. The first-order valence-corrected chi connectivity index (χ1v) is 12.2. The highest BCUT2D eigenvalue weighted by molar-refractivity contribution is 6.32. The Kier molecular flexibility index (Phi) is 7.11. The Hall–Kier alpha value is -3.94. The lowest BCUT2D eigenvalue weighted by atomic mass is 10.0. The van der Waals surface area contributed by atoms with Gasteiger partial charge in [0.2, 0.25) is 0 Å². The highest BCUT2D eigenvalue weighted by Gasteiger charge is 2.25. The van der Waals surface area contributed by atoms with Gasteiger partial charge in [-0.05, 0) is 48.4 Å². The van der Waals surface area contributed by atoms with E-state index in [0.717, 1.165) is 44.1 Å². The standard InChI is InChI=1S/C29H30N4O3/c1-20(22-7-3-2-4-8-22)31-28(34)23-10-11-27-25(17-23)26(29(35)32-27)18-30-24-9-5-6-21(16-24)19-33-12-14-36-15-13-33/h2-11,16-18,20,30H,12-15,19H2,1H3,(H,31,34)(H,32,35)/t20-/m1/s1. The van der Waals surface area contributed by atoms with E-state index in [1.807, 2.05) is 49.4 Å². The van der Waals surface area contributed by atoms with Gasteiger partial charge < -0.3 is 20.7 Å². The lowest BCUT2D eigenvalue weighted by molar-refractivity contribution is -0.110. The lowest BCUT2D eigenvalue weighted by Gasteiger charge is -2.26. The van der Waals surface area contributed by atoms with Crippen LogP contribution in [0.2, 0.25) is 0 Å². The molecule has 0 radical (unpaired) electrons. The van der Waals surface area contributed by atoms with Gasteiger partial charge in [-0.1, -0.05) is 42.5 Å². The number of fused-ring (bicyclic) bond motifs is 1. The largest absolute Gasteiger partial charge is 0.379 e. The normalized spacial score (nSPS) is 17.4. The minimum absolute atomic E-state index is 0.131. The van der Waals surface area contributed by atoms with Crippen molar-refractivity contribution in [3.05, 3.63) is 101 Å². The highest BCUT2D eigenvalue weighted by Crippen LogP contribution is 2.32. The van der Waals surface area contributed by atoms with Gasteiger partial charge in [-0.3, -0.25) is 14.5 Å². The first-order chi connectivity index (χ1) is 17.6. The van der Waals surface area contributed by atoms with E-state index < -0.39 is 0 Å². The molecule has 2 heterocycles. The zero-order valence-electron chi connectivity index (χ0n) is 20.3. The number of amides is 2. The number of rotatable bonds is 7. The van der Waals surface area contributed by atoms with Gasteiger partial charge in [0.15, 0.2) is 0 Å². The Morgan fingerprint density at radius 1 is 1.06 bits per heavy atom. The van der Waals surface area contributed by atoms with Crippen molar-refractivity contribution in [1.82, 2.24) is 10.2 Å². The minimum atomic E-state index is -0.197. The molecule has 184 valence electrons. The average Bonchev–Trinajstić information content (AvgIpc) is 3.22. The molecule has 2 amide bonds. The van der Waals surface area contributed by atoms with E-state index in [-0.39, 0.29) is 17.9 Å². The Bertz CT molecular complexity index is 1280. The Labute approximate surface area is 211 Å². The summed E-state index contributed by atoms with van der Waals surface area (Å²) in [5.74, 6) is -0.381. The van der Waals surface area contributed by atoms with Crippen LogP contribution in [0.25, 0.3) is 5.57 Å². The number of benzene rings is 3. The van der Waals surface area contributed by atoms with E-state index >= 15 is 0 Å². The highest BCUT2D eigenvalue weighted by atomic mass is 16.5. The molecule has 3 aromatic carbocycles. The molecule has 7 nitrogen and oxygen atoms in total. The van der Waals surface area contributed by atoms with Crippen molar-refractivity contribution >= 4 is 28.8 Å². The Morgan fingerprint density at radius 3 is 2.67 bits per heavy atom. The average molecular weight is 483 g/mol. The van der Waals surface area contributed by atoms with Crippen LogP contribution < -0.4 is 16.0 Å². The molecule has 0 spiro atoms. The second kappa shape index (κ2) is 10.8. The first-order valence-electron chi connectivity index (χ1n) is 12.2. The fourth-order valence-corrected chi connectivity index (χ4v) is 4.51. The third kappa shape index (κ3) is 5.48. The number of carbonyl (C=O) groups excluding carboxylic acids is 2. The first kappa shape index (κ1) is 23.8. The van der Waals surface area contributed by atoms with Crippen LogP contribution in [0.15, 0.2) is 79.0 Å². The summed E-state index contributed by atoms with van der Waals surface area (Å²) in [6.07, 6.45) is 1.71. The SMILES string of the molecule is C[C@@H](NC(=O)c1ccc2c(c1)C(=CNc1cccc(CN3CCOCC3)c1)C(=O)N2)c1ccccc1. The number of ether oxygens (including phenoxy) is 1. The predicted molar refractivity (Wildman–Crippen MR) is 142 cm³/mol. The third-order valence-corrected chi connectivity index (χ3v) is 6.53. The van der Waals surface area contributed by atoms with E-state index in [1.165, 1.54) is 5.56 Å². The lowest BCUT2D eigenvalue weighted by Crippen LogP contribution is -2.35. The van der Waals surface area contributed by atoms with Crippen molar-refractivity contribution in [2.45, 2.75) is 19.5 Å². The number of carbonyl (C=O) groups is 2. The molecule has 36 heavy (non-hydrogen) atoms. The third-order valence-electron chi connectivity index (χ3n) is 6.53. The summed E-state index contributed by atoms with van der Waals surface area (Å²) in [7, 11) is 0. The van der Waals surface area contributed by atoms with Gasteiger partial charge in [0.05, 0.1) is 24.8 Å². The van der Waals surface area contributed by atoms with Crippen LogP contribution in [0.4, 0.5) is 11.4 Å². The fraction of sp³-hybridized carbons (Fsp3) is 0.241. The molecule has 3 aromatic rings. The summed E-state index contributed by atoms with van der Waals surface area (Å²) < 4.78 is 5.43. The second-order valence-corrected chi connectivity index (χ2v) is 9.11. The monoisotopic (exact) mass is 482 g/mol. The van der Waals surface area contributed by atoms with Crippen LogP contribution in [0.3, 0.4) is 0 Å². The Balaban J connectivity index is 1.30. The number of hydrogen-bond acceptors (Lipinski definition) is 5. The van der Waals surface area contributed by atoms with E-state index in [1.54, 1.807) is 24.4 Å². The minimum Gasteiger partial charge on any atom is -0.379 e. The van der Waals surface area contributed by atoms with E-state index in [4.69, 9.17) is 4.74 Å². The molecule has 5 rings (SSSR count). The fourth-order valence-electron chi connectivity index (χ4n) is 4.51. The van der Waals surface area contributed by atoms with E-state index in [0.29, 0.717) is 22.4 Å². The maximum atomic E-state index is 12.9. The van der Waals surface area contributed by atoms with Crippen LogP contribution in [0.1, 0.15) is 40.0 Å². The number of morpholine rings is 1. The molecule has 0 aliphatic carbocycles.